The summed E-state index contributed by atoms with van der Waals surface area (Å²) in [6.07, 6.45) is 0.0996. The predicted molar refractivity (Wildman–Crippen MR) is 105 cm³/mol. The van der Waals surface area contributed by atoms with Crippen LogP contribution in [0.15, 0.2) is 48.5 Å². The summed E-state index contributed by atoms with van der Waals surface area (Å²) in [4.78, 5) is 50.0. The molecule has 8 heteroatoms. The molecule has 1 aliphatic rings. The topological polar surface area (TPSA) is 92.8 Å². The number of benzene rings is 2. The van der Waals surface area contributed by atoms with Gasteiger partial charge in [-0.05, 0) is 36.2 Å². The second kappa shape index (κ2) is 9.30. The number of methoxy groups -OCH3 is 1. The van der Waals surface area contributed by atoms with Crippen molar-refractivity contribution < 1.29 is 28.3 Å². The zero-order chi connectivity index (χ0) is 21.7. The standard InChI is InChI=1S/C22H21FN2O5/c1-30-22(29)15(11-14-5-4-6-16(23)12-14)13-24-19(26)9-10-25-20(27)17-7-2-3-8-18(17)21(25)28/h2-8,12,15H,9-11,13H2,1H3,(H,24,26). The zero-order valence-electron chi connectivity index (χ0n) is 16.4. The number of hydrogen-bond donors (Lipinski definition) is 1. The Kier molecular flexibility index (Phi) is 6.56. The molecular weight excluding hydrogens is 391 g/mol. The Hall–Kier alpha value is -3.55. The summed E-state index contributed by atoms with van der Waals surface area (Å²) in [6, 6.07) is 12.3. The molecule has 156 valence electrons. The van der Waals surface area contributed by atoms with Crippen LogP contribution < -0.4 is 5.32 Å². The third-order valence-electron chi connectivity index (χ3n) is 4.89. The van der Waals surface area contributed by atoms with Gasteiger partial charge in [0.1, 0.15) is 5.82 Å². The van der Waals surface area contributed by atoms with Crippen molar-refractivity contribution in [1.82, 2.24) is 10.2 Å². The molecule has 0 aliphatic carbocycles. The Labute approximate surface area is 172 Å². The molecule has 1 heterocycles. The number of carbonyl (C=O) groups excluding carboxylic acids is 4. The van der Waals surface area contributed by atoms with Gasteiger partial charge < -0.3 is 10.1 Å². The van der Waals surface area contributed by atoms with Gasteiger partial charge in [-0.15, -0.1) is 0 Å². The summed E-state index contributed by atoms with van der Waals surface area (Å²) >= 11 is 0. The van der Waals surface area contributed by atoms with Gasteiger partial charge >= 0.3 is 5.97 Å². The Morgan fingerprint density at radius 2 is 1.73 bits per heavy atom. The second-order valence-corrected chi connectivity index (χ2v) is 6.92. The lowest BCUT2D eigenvalue weighted by Gasteiger charge is -2.17. The summed E-state index contributed by atoms with van der Waals surface area (Å²) in [6.45, 7) is -0.0743. The minimum atomic E-state index is -0.694. The Morgan fingerprint density at radius 3 is 2.33 bits per heavy atom. The monoisotopic (exact) mass is 412 g/mol. The van der Waals surface area contributed by atoms with Gasteiger partial charge in [-0.3, -0.25) is 24.1 Å². The molecule has 1 aliphatic heterocycles. The number of rotatable bonds is 8. The van der Waals surface area contributed by atoms with E-state index in [9.17, 15) is 23.6 Å². The van der Waals surface area contributed by atoms with Crippen molar-refractivity contribution in [2.45, 2.75) is 12.8 Å². The highest BCUT2D eigenvalue weighted by Gasteiger charge is 2.35. The van der Waals surface area contributed by atoms with Crippen molar-refractivity contribution in [2.75, 3.05) is 20.2 Å². The van der Waals surface area contributed by atoms with E-state index < -0.39 is 35.4 Å². The molecule has 0 spiro atoms. The summed E-state index contributed by atoms with van der Waals surface area (Å²) < 4.78 is 18.1. The van der Waals surface area contributed by atoms with Gasteiger partial charge in [0, 0.05) is 19.5 Å². The summed E-state index contributed by atoms with van der Waals surface area (Å²) in [5.41, 5.74) is 1.25. The molecule has 1 N–H and O–H groups in total. The lowest BCUT2D eigenvalue weighted by Crippen LogP contribution is -2.38. The van der Waals surface area contributed by atoms with Crippen LogP contribution in [0, 0.1) is 11.7 Å². The maximum atomic E-state index is 13.4. The van der Waals surface area contributed by atoms with Gasteiger partial charge in [0.05, 0.1) is 24.2 Å². The fourth-order valence-corrected chi connectivity index (χ4v) is 3.33. The van der Waals surface area contributed by atoms with Crippen LogP contribution in [-0.2, 0) is 20.7 Å². The summed E-state index contributed by atoms with van der Waals surface area (Å²) in [5, 5.41) is 2.62. The van der Waals surface area contributed by atoms with Crippen LogP contribution in [-0.4, -0.2) is 48.8 Å². The van der Waals surface area contributed by atoms with Gasteiger partial charge in [0.15, 0.2) is 0 Å². The number of nitrogens with zero attached hydrogens (tertiary/aromatic N) is 1. The normalized spacial score (nSPS) is 13.7. The SMILES string of the molecule is COC(=O)C(CNC(=O)CCN1C(=O)c2ccccc2C1=O)Cc1cccc(F)c1. The van der Waals surface area contributed by atoms with E-state index in [0.717, 1.165) is 4.90 Å². The Morgan fingerprint density at radius 1 is 1.07 bits per heavy atom. The van der Waals surface area contributed by atoms with Gasteiger partial charge in [0.2, 0.25) is 5.91 Å². The summed E-state index contributed by atoms with van der Waals surface area (Å²) in [7, 11) is 1.24. The molecule has 1 atom stereocenters. The van der Waals surface area contributed by atoms with Crippen LogP contribution >= 0.6 is 0 Å². The Bertz CT molecular complexity index is 956. The lowest BCUT2D eigenvalue weighted by molar-refractivity contribution is -0.145. The molecule has 0 saturated heterocycles. The van der Waals surface area contributed by atoms with Gasteiger partial charge in [-0.25, -0.2) is 4.39 Å². The predicted octanol–water partition coefficient (Wildman–Crippen LogP) is 1.96. The van der Waals surface area contributed by atoms with Crippen LogP contribution in [0.2, 0.25) is 0 Å². The van der Waals surface area contributed by atoms with Crippen molar-refractivity contribution in [3.05, 3.63) is 71.0 Å². The van der Waals surface area contributed by atoms with Crippen molar-refractivity contribution in [1.29, 1.82) is 0 Å². The number of halogens is 1. The average molecular weight is 412 g/mol. The number of esters is 1. The number of hydrogen-bond acceptors (Lipinski definition) is 5. The van der Waals surface area contributed by atoms with E-state index in [1.807, 2.05) is 0 Å². The molecule has 3 rings (SSSR count). The third kappa shape index (κ3) is 4.71. The minimum Gasteiger partial charge on any atom is -0.469 e. The van der Waals surface area contributed by atoms with E-state index in [-0.39, 0.29) is 25.9 Å². The van der Waals surface area contributed by atoms with Crippen LogP contribution in [0.5, 0.6) is 0 Å². The maximum Gasteiger partial charge on any atom is 0.310 e. The summed E-state index contributed by atoms with van der Waals surface area (Å²) in [5.74, 6) is -2.91. The second-order valence-electron chi connectivity index (χ2n) is 6.92. The van der Waals surface area contributed by atoms with Crippen molar-refractivity contribution in [3.8, 4) is 0 Å². The molecule has 30 heavy (non-hydrogen) atoms. The van der Waals surface area contributed by atoms with Crippen molar-refractivity contribution in [2.24, 2.45) is 5.92 Å². The van der Waals surface area contributed by atoms with Gasteiger partial charge in [-0.2, -0.15) is 0 Å². The zero-order valence-corrected chi connectivity index (χ0v) is 16.4. The van der Waals surface area contributed by atoms with Crippen LogP contribution in [0.4, 0.5) is 4.39 Å². The van der Waals surface area contributed by atoms with E-state index in [2.05, 4.69) is 5.32 Å². The first-order valence-electron chi connectivity index (χ1n) is 9.45. The molecule has 0 radical (unpaired) electrons. The number of imide groups is 1. The van der Waals surface area contributed by atoms with Crippen LogP contribution in [0.1, 0.15) is 32.7 Å². The van der Waals surface area contributed by atoms with Crippen LogP contribution in [0.3, 0.4) is 0 Å². The van der Waals surface area contributed by atoms with E-state index in [0.29, 0.717) is 16.7 Å². The third-order valence-corrected chi connectivity index (χ3v) is 4.89. The average Bonchev–Trinajstić information content (AvgIpc) is 2.99. The van der Waals surface area contributed by atoms with E-state index in [1.165, 1.54) is 19.2 Å². The largest absolute Gasteiger partial charge is 0.469 e. The number of ether oxygens (including phenoxy) is 1. The van der Waals surface area contributed by atoms with Gasteiger partial charge in [0.25, 0.3) is 11.8 Å². The fraction of sp³-hybridized carbons (Fsp3) is 0.273. The first-order chi connectivity index (χ1) is 14.4. The smallest absolute Gasteiger partial charge is 0.310 e. The Balaban J connectivity index is 1.54. The molecule has 0 fully saturated rings. The van der Waals surface area contributed by atoms with Crippen LogP contribution in [0.25, 0.3) is 0 Å². The molecule has 0 aromatic heterocycles. The number of carbonyl (C=O) groups is 4. The molecule has 1 unspecified atom stereocenters. The molecule has 7 nitrogen and oxygen atoms in total. The minimum absolute atomic E-state index is 0.00978. The highest BCUT2D eigenvalue weighted by Crippen LogP contribution is 2.22. The molecule has 3 amide bonds. The number of amides is 3. The fourth-order valence-electron chi connectivity index (χ4n) is 3.33. The highest BCUT2D eigenvalue weighted by atomic mass is 19.1. The van der Waals surface area contributed by atoms with Crippen molar-refractivity contribution >= 4 is 23.7 Å². The lowest BCUT2D eigenvalue weighted by atomic mass is 9.99. The van der Waals surface area contributed by atoms with E-state index in [1.54, 1.807) is 36.4 Å². The number of fused-ring (bicyclic) bond motifs is 1. The molecule has 2 aromatic rings. The highest BCUT2D eigenvalue weighted by molar-refractivity contribution is 6.21. The molecule has 0 bridgehead atoms. The maximum absolute atomic E-state index is 13.4. The quantitative estimate of drug-likeness (QED) is 0.529. The number of nitrogens with one attached hydrogen (secondary N) is 1. The van der Waals surface area contributed by atoms with E-state index in [4.69, 9.17) is 4.74 Å². The molecular formula is C22H21FN2O5. The first kappa shape index (κ1) is 21.2. The molecule has 2 aromatic carbocycles. The van der Waals surface area contributed by atoms with E-state index >= 15 is 0 Å². The molecule has 0 saturated carbocycles. The van der Waals surface area contributed by atoms with Crippen molar-refractivity contribution in [3.63, 3.8) is 0 Å². The van der Waals surface area contributed by atoms with Gasteiger partial charge in [-0.1, -0.05) is 24.3 Å². The first-order valence-corrected chi connectivity index (χ1v) is 9.45.